The molecule has 0 radical (unpaired) electrons. The molecular formula is C23H18Cl2N2O4. The fraction of sp³-hybridized carbons (Fsp3) is 0.0870. The minimum Gasteiger partial charge on any atom is -0.507 e. The quantitative estimate of drug-likeness (QED) is 0.333. The molecule has 0 aliphatic carbocycles. The van der Waals surface area contributed by atoms with Crippen LogP contribution < -0.4 is 14.2 Å². The number of hydrogen-bond donors (Lipinski definition) is 2. The second-order valence-electron chi connectivity index (χ2n) is 6.53. The molecule has 158 valence electrons. The Labute approximate surface area is 188 Å². The van der Waals surface area contributed by atoms with Crippen LogP contribution in [0.5, 0.6) is 28.7 Å². The highest BCUT2D eigenvalue weighted by molar-refractivity contribution is 6.35. The minimum atomic E-state index is -0.00289. The number of ether oxygens (including phenoxy) is 3. The molecule has 3 aromatic carbocycles. The molecule has 8 heteroatoms. The van der Waals surface area contributed by atoms with E-state index in [1.165, 1.54) is 12.3 Å². The smallest absolute Gasteiger partial charge is 0.173 e. The molecule has 0 saturated heterocycles. The summed E-state index contributed by atoms with van der Waals surface area (Å²) in [6, 6.07) is 17.5. The lowest BCUT2D eigenvalue weighted by molar-refractivity contribution is 0.304. The average molecular weight is 457 g/mol. The maximum atomic E-state index is 10.6. The van der Waals surface area contributed by atoms with Gasteiger partial charge in [-0.25, -0.2) is 0 Å². The molecular weight excluding hydrogens is 439 g/mol. The van der Waals surface area contributed by atoms with Crippen LogP contribution in [0.25, 0.3) is 11.3 Å². The van der Waals surface area contributed by atoms with Gasteiger partial charge in [-0.05, 0) is 36.4 Å². The summed E-state index contributed by atoms with van der Waals surface area (Å²) >= 11 is 12.4. The highest BCUT2D eigenvalue weighted by atomic mass is 35.5. The maximum Gasteiger partial charge on any atom is 0.173 e. The molecule has 4 aromatic rings. The summed E-state index contributed by atoms with van der Waals surface area (Å²) in [5.41, 5.74) is 1.70. The molecule has 4 rings (SSSR count). The average Bonchev–Trinajstić information content (AvgIpc) is 3.21. The second kappa shape index (κ2) is 9.20. The number of phenols is 1. The van der Waals surface area contributed by atoms with Crippen molar-refractivity contribution in [3.63, 3.8) is 0 Å². The van der Waals surface area contributed by atoms with E-state index < -0.39 is 0 Å². The number of aromatic nitrogens is 2. The summed E-state index contributed by atoms with van der Waals surface area (Å²) in [5.74, 6) is 2.02. The third kappa shape index (κ3) is 4.55. The number of nitrogens with zero attached hydrogens (tertiary/aromatic N) is 1. The lowest BCUT2D eigenvalue weighted by atomic mass is 10.1. The lowest BCUT2D eigenvalue weighted by Crippen LogP contribution is -1.97. The zero-order valence-electron chi connectivity index (χ0n) is 16.4. The predicted molar refractivity (Wildman–Crippen MR) is 120 cm³/mol. The number of benzene rings is 3. The zero-order chi connectivity index (χ0) is 21.8. The molecule has 2 N–H and O–H groups in total. The van der Waals surface area contributed by atoms with Crippen LogP contribution in [0.3, 0.4) is 0 Å². The zero-order valence-corrected chi connectivity index (χ0v) is 17.9. The fourth-order valence-electron chi connectivity index (χ4n) is 3.01. The summed E-state index contributed by atoms with van der Waals surface area (Å²) in [5, 5.41) is 18.5. The van der Waals surface area contributed by atoms with E-state index in [1.807, 2.05) is 12.1 Å². The van der Waals surface area contributed by atoms with Crippen LogP contribution in [-0.2, 0) is 6.61 Å². The van der Waals surface area contributed by atoms with Crippen molar-refractivity contribution in [1.29, 1.82) is 0 Å². The Morgan fingerprint density at radius 2 is 1.68 bits per heavy atom. The number of nitrogens with one attached hydrogen (secondary N) is 1. The largest absolute Gasteiger partial charge is 0.507 e. The first-order chi connectivity index (χ1) is 15.1. The van der Waals surface area contributed by atoms with Gasteiger partial charge in [0.2, 0.25) is 0 Å². The Bertz CT molecular complexity index is 1190. The molecule has 0 bridgehead atoms. The van der Waals surface area contributed by atoms with Crippen LogP contribution in [0.15, 0.2) is 66.9 Å². The number of aromatic amines is 1. The number of rotatable bonds is 7. The lowest BCUT2D eigenvalue weighted by Gasteiger charge is -2.12. The number of hydrogen-bond acceptors (Lipinski definition) is 5. The van der Waals surface area contributed by atoms with Gasteiger partial charge in [0.05, 0.1) is 13.3 Å². The van der Waals surface area contributed by atoms with Crippen molar-refractivity contribution >= 4 is 23.2 Å². The van der Waals surface area contributed by atoms with Crippen molar-refractivity contribution in [3.8, 4) is 40.0 Å². The Balaban J connectivity index is 1.55. The molecule has 0 spiro atoms. The first-order valence-electron chi connectivity index (χ1n) is 9.30. The van der Waals surface area contributed by atoms with Gasteiger partial charge in [0.1, 0.15) is 23.8 Å². The molecule has 0 aliphatic heterocycles. The van der Waals surface area contributed by atoms with Gasteiger partial charge < -0.3 is 19.3 Å². The highest BCUT2D eigenvalue weighted by Crippen LogP contribution is 2.40. The minimum absolute atomic E-state index is 0.00289. The second-order valence-corrected chi connectivity index (χ2v) is 7.34. The summed E-state index contributed by atoms with van der Waals surface area (Å²) in [7, 11) is 1.57. The molecule has 0 aliphatic rings. The maximum absolute atomic E-state index is 10.6. The Morgan fingerprint density at radius 1 is 0.935 bits per heavy atom. The van der Waals surface area contributed by atoms with E-state index in [0.29, 0.717) is 49.9 Å². The molecule has 0 fully saturated rings. The van der Waals surface area contributed by atoms with Gasteiger partial charge >= 0.3 is 0 Å². The van der Waals surface area contributed by atoms with Crippen LogP contribution >= 0.6 is 23.2 Å². The molecule has 0 atom stereocenters. The van der Waals surface area contributed by atoms with Crippen molar-refractivity contribution in [2.24, 2.45) is 0 Å². The number of para-hydroxylation sites is 2. The number of aromatic hydroxyl groups is 1. The Morgan fingerprint density at radius 3 is 2.39 bits per heavy atom. The normalized spacial score (nSPS) is 10.7. The molecule has 1 aromatic heterocycles. The van der Waals surface area contributed by atoms with Crippen LogP contribution in [0.1, 0.15) is 5.56 Å². The summed E-state index contributed by atoms with van der Waals surface area (Å²) < 4.78 is 17.0. The van der Waals surface area contributed by atoms with Crippen LogP contribution in [0, 0.1) is 0 Å². The van der Waals surface area contributed by atoms with Gasteiger partial charge in [0.15, 0.2) is 17.2 Å². The topological polar surface area (TPSA) is 76.6 Å². The summed E-state index contributed by atoms with van der Waals surface area (Å²) in [6.45, 7) is 0.170. The highest BCUT2D eigenvalue weighted by Gasteiger charge is 2.16. The third-order valence-electron chi connectivity index (χ3n) is 4.58. The van der Waals surface area contributed by atoms with E-state index in [4.69, 9.17) is 37.4 Å². The van der Waals surface area contributed by atoms with E-state index in [9.17, 15) is 5.11 Å². The first kappa shape index (κ1) is 20.9. The predicted octanol–water partition coefficient (Wildman–Crippen LogP) is 6.47. The van der Waals surface area contributed by atoms with E-state index in [1.54, 1.807) is 49.6 Å². The van der Waals surface area contributed by atoms with Crippen molar-refractivity contribution in [3.05, 3.63) is 82.5 Å². The van der Waals surface area contributed by atoms with Gasteiger partial charge in [0, 0.05) is 27.2 Å². The fourth-order valence-corrected chi connectivity index (χ4v) is 3.51. The van der Waals surface area contributed by atoms with E-state index in [2.05, 4.69) is 10.2 Å². The SMILES string of the molecule is COc1ccccc1Oc1cn[nH]c1-c1ccc(OCc2c(Cl)cccc2Cl)cc1O. The standard InChI is InChI=1S/C23H18Cl2N2O4/c1-29-20-7-2-3-8-21(20)31-22-12-26-27-23(22)15-10-9-14(11-19(15)28)30-13-16-17(24)5-4-6-18(16)25/h2-12,28H,13H2,1H3,(H,26,27). The monoisotopic (exact) mass is 456 g/mol. The Kier molecular flexibility index (Phi) is 6.21. The first-order valence-corrected chi connectivity index (χ1v) is 10.1. The number of H-pyrrole nitrogens is 1. The van der Waals surface area contributed by atoms with Crippen molar-refractivity contribution in [2.45, 2.75) is 6.61 Å². The van der Waals surface area contributed by atoms with E-state index >= 15 is 0 Å². The number of halogens is 2. The van der Waals surface area contributed by atoms with Gasteiger partial charge in [-0.3, -0.25) is 5.10 Å². The molecule has 31 heavy (non-hydrogen) atoms. The molecule has 6 nitrogen and oxygen atoms in total. The summed E-state index contributed by atoms with van der Waals surface area (Å²) in [4.78, 5) is 0. The van der Waals surface area contributed by atoms with Crippen molar-refractivity contribution < 1.29 is 19.3 Å². The summed E-state index contributed by atoms with van der Waals surface area (Å²) in [6.07, 6.45) is 1.53. The van der Waals surface area contributed by atoms with E-state index in [-0.39, 0.29) is 12.4 Å². The number of methoxy groups -OCH3 is 1. The van der Waals surface area contributed by atoms with Gasteiger partial charge in [0.25, 0.3) is 0 Å². The molecule has 0 amide bonds. The van der Waals surface area contributed by atoms with Gasteiger partial charge in [-0.2, -0.15) is 5.10 Å². The number of phenolic OH excluding ortho intramolecular Hbond substituents is 1. The third-order valence-corrected chi connectivity index (χ3v) is 5.29. The van der Waals surface area contributed by atoms with E-state index in [0.717, 1.165) is 0 Å². The van der Waals surface area contributed by atoms with Gasteiger partial charge in [-0.1, -0.05) is 41.4 Å². The molecule has 1 heterocycles. The van der Waals surface area contributed by atoms with Crippen molar-refractivity contribution in [1.82, 2.24) is 10.2 Å². The van der Waals surface area contributed by atoms with Gasteiger partial charge in [-0.15, -0.1) is 0 Å². The van der Waals surface area contributed by atoms with Crippen LogP contribution in [-0.4, -0.2) is 22.4 Å². The Hall–Kier alpha value is -3.35. The van der Waals surface area contributed by atoms with Crippen LogP contribution in [0.4, 0.5) is 0 Å². The molecule has 0 unspecified atom stereocenters. The van der Waals surface area contributed by atoms with Crippen molar-refractivity contribution in [2.75, 3.05) is 7.11 Å². The molecule has 0 saturated carbocycles. The van der Waals surface area contributed by atoms with Crippen LogP contribution in [0.2, 0.25) is 10.0 Å².